The van der Waals surface area contributed by atoms with Gasteiger partial charge in [0.05, 0.1) is 5.92 Å². The Morgan fingerprint density at radius 3 is 2.21 bits per heavy atom. The van der Waals surface area contributed by atoms with Crippen LogP contribution in [0.3, 0.4) is 0 Å². The van der Waals surface area contributed by atoms with Crippen LogP contribution in [-0.2, 0) is 9.53 Å². The van der Waals surface area contributed by atoms with E-state index < -0.39 is 18.0 Å². The summed E-state index contributed by atoms with van der Waals surface area (Å²) in [6.07, 6.45) is 1.07. The van der Waals surface area contributed by atoms with E-state index in [-0.39, 0.29) is 25.0 Å². The normalized spacial score (nSPS) is 21.1. The van der Waals surface area contributed by atoms with Crippen molar-refractivity contribution in [1.82, 2.24) is 4.90 Å². The monoisotopic (exact) mass is 379 g/mol. The van der Waals surface area contributed by atoms with Gasteiger partial charge in [-0.15, -0.1) is 0 Å². The third-order valence-corrected chi connectivity index (χ3v) is 6.06. The van der Waals surface area contributed by atoms with Gasteiger partial charge in [0, 0.05) is 19.0 Å². The van der Waals surface area contributed by atoms with E-state index in [0.717, 1.165) is 6.42 Å². The van der Waals surface area contributed by atoms with E-state index in [1.54, 1.807) is 4.90 Å². The molecule has 1 amide bonds. The van der Waals surface area contributed by atoms with Gasteiger partial charge in [-0.1, -0.05) is 61.9 Å². The molecule has 28 heavy (non-hydrogen) atoms. The molecule has 1 saturated heterocycles. The van der Waals surface area contributed by atoms with Crippen molar-refractivity contribution in [3.8, 4) is 11.1 Å². The van der Waals surface area contributed by atoms with Gasteiger partial charge in [0.25, 0.3) is 0 Å². The number of benzene rings is 2. The van der Waals surface area contributed by atoms with Crippen molar-refractivity contribution in [3.05, 3.63) is 59.7 Å². The average molecular weight is 379 g/mol. The molecule has 2 atom stereocenters. The van der Waals surface area contributed by atoms with Crippen molar-refractivity contribution in [2.24, 2.45) is 11.8 Å². The molecule has 2 unspecified atom stereocenters. The quantitative estimate of drug-likeness (QED) is 0.857. The van der Waals surface area contributed by atoms with Crippen LogP contribution in [0, 0.1) is 11.8 Å². The van der Waals surface area contributed by atoms with E-state index in [4.69, 9.17) is 4.74 Å². The summed E-state index contributed by atoms with van der Waals surface area (Å²) in [5, 5.41) is 9.39. The molecular formula is C23H25NO4. The Bertz CT molecular complexity index is 848. The lowest BCUT2D eigenvalue weighted by Crippen LogP contribution is -2.46. The molecule has 0 bridgehead atoms. The number of carboxylic acids is 1. The summed E-state index contributed by atoms with van der Waals surface area (Å²) in [5.41, 5.74) is 4.72. The topological polar surface area (TPSA) is 66.8 Å². The van der Waals surface area contributed by atoms with Crippen molar-refractivity contribution in [2.75, 3.05) is 19.7 Å². The Morgan fingerprint density at radius 1 is 1.04 bits per heavy atom. The van der Waals surface area contributed by atoms with Crippen LogP contribution >= 0.6 is 0 Å². The molecule has 0 aromatic heterocycles. The molecule has 1 aliphatic carbocycles. The van der Waals surface area contributed by atoms with Crippen molar-refractivity contribution in [3.63, 3.8) is 0 Å². The fourth-order valence-electron chi connectivity index (χ4n) is 4.51. The van der Waals surface area contributed by atoms with E-state index in [1.165, 1.54) is 22.3 Å². The number of carbonyl (C=O) groups excluding carboxylic acids is 1. The molecule has 4 rings (SSSR count). The van der Waals surface area contributed by atoms with Crippen LogP contribution in [0.1, 0.15) is 36.8 Å². The summed E-state index contributed by atoms with van der Waals surface area (Å²) < 4.78 is 5.69. The highest BCUT2D eigenvalue weighted by atomic mass is 16.6. The first-order valence-corrected chi connectivity index (χ1v) is 9.91. The van der Waals surface area contributed by atoms with Gasteiger partial charge in [-0.25, -0.2) is 4.79 Å². The smallest absolute Gasteiger partial charge is 0.409 e. The maximum absolute atomic E-state index is 12.7. The Kier molecular flexibility index (Phi) is 5.07. The molecule has 146 valence electrons. The minimum atomic E-state index is -0.838. The number of likely N-dealkylation sites (tertiary alicyclic amines) is 1. The molecular weight excluding hydrogens is 354 g/mol. The number of amides is 1. The zero-order valence-electron chi connectivity index (χ0n) is 16.0. The van der Waals surface area contributed by atoms with Crippen LogP contribution in [0.2, 0.25) is 0 Å². The maximum atomic E-state index is 12.7. The summed E-state index contributed by atoms with van der Waals surface area (Å²) in [5.74, 6) is -1.14. The Labute approximate surface area is 164 Å². The van der Waals surface area contributed by atoms with Crippen molar-refractivity contribution in [1.29, 1.82) is 0 Å². The fourth-order valence-corrected chi connectivity index (χ4v) is 4.51. The lowest BCUT2D eigenvalue weighted by Gasteiger charge is -2.35. The molecule has 2 aromatic carbocycles. The molecule has 2 aromatic rings. The molecule has 2 aliphatic rings. The molecule has 5 nitrogen and oxygen atoms in total. The molecule has 0 radical (unpaired) electrons. The van der Waals surface area contributed by atoms with Gasteiger partial charge < -0.3 is 14.7 Å². The zero-order chi connectivity index (χ0) is 19.7. The van der Waals surface area contributed by atoms with E-state index >= 15 is 0 Å². The molecule has 1 N–H and O–H groups in total. The summed E-state index contributed by atoms with van der Waals surface area (Å²) in [6.45, 7) is 3.09. The van der Waals surface area contributed by atoms with E-state index in [1.807, 2.05) is 31.2 Å². The maximum Gasteiger partial charge on any atom is 0.409 e. The first-order valence-electron chi connectivity index (χ1n) is 9.91. The van der Waals surface area contributed by atoms with Gasteiger partial charge in [-0.2, -0.15) is 0 Å². The van der Waals surface area contributed by atoms with Crippen molar-refractivity contribution < 1.29 is 19.4 Å². The lowest BCUT2D eigenvalue weighted by atomic mass is 9.88. The van der Waals surface area contributed by atoms with Crippen LogP contribution in [0.4, 0.5) is 4.79 Å². The number of rotatable bonds is 4. The first-order chi connectivity index (χ1) is 13.6. The Balaban J connectivity index is 1.48. The van der Waals surface area contributed by atoms with Crippen LogP contribution in [0.5, 0.6) is 0 Å². The zero-order valence-corrected chi connectivity index (χ0v) is 16.0. The van der Waals surface area contributed by atoms with Crippen LogP contribution in [0.15, 0.2) is 48.5 Å². The number of piperidine rings is 1. The molecule has 1 aliphatic heterocycles. The van der Waals surface area contributed by atoms with Gasteiger partial charge in [0.15, 0.2) is 0 Å². The third-order valence-electron chi connectivity index (χ3n) is 6.06. The number of ether oxygens (including phenoxy) is 1. The van der Waals surface area contributed by atoms with Gasteiger partial charge in [-0.05, 0) is 34.6 Å². The predicted molar refractivity (Wildman–Crippen MR) is 106 cm³/mol. The van der Waals surface area contributed by atoms with Gasteiger partial charge in [0.2, 0.25) is 0 Å². The fraction of sp³-hybridized carbons (Fsp3) is 0.391. The van der Waals surface area contributed by atoms with E-state index in [2.05, 4.69) is 24.3 Å². The number of aliphatic carboxylic acids is 1. The lowest BCUT2D eigenvalue weighted by molar-refractivity contribution is -0.144. The van der Waals surface area contributed by atoms with Crippen molar-refractivity contribution in [2.45, 2.75) is 25.7 Å². The summed E-state index contributed by atoms with van der Waals surface area (Å²) in [7, 11) is 0. The van der Waals surface area contributed by atoms with Gasteiger partial charge in [-0.3, -0.25) is 4.79 Å². The molecule has 0 spiro atoms. The Hall–Kier alpha value is -2.82. The van der Waals surface area contributed by atoms with Crippen molar-refractivity contribution >= 4 is 12.1 Å². The Morgan fingerprint density at radius 2 is 1.64 bits per heavy atom. The SMILES string of the molecule is CCC1CC(C(=O)O)CN(C(=O)OCC2c3ccccc3-c3ccccc32)C1. The van der Waals surface area contributed by atoms with Crippen LogP contribution in [-0.4, -0.2) is 41.8 Å². The number of nitrogens with zero attached hydrogens (tertiary/aromatic N) is 1. The summed E-state index contributed by atoms with van der Waals surface area (Å²) in [6, 6.07) is 16.4. The molecule has 0 saturated carbocycles. The minimum Gasteiger partial charge on any atom is -0.481 e. The van der Waals surface area contributed by atoms with Gasteiger partial charge >= 0.3 is 12.1 Å². The van der Waals surface area contributed by atoms with Gasteiger partial charge in [0.1, 0.15) is 6.61 Å². The van der Waals surface area contributed by atoms with E-state index in [0.29, 0.717) is 13.0 Å². The first kappa shape index (κ1) is 18.5. The molecule has 5 heteroatoms. The average Bonchev–Trinajstić information content (AvgIpc) is 3.05. The number of hydrogen-bond acceptors (Lipinski definition) is 3. The number of hydrogen-bond donors (Lipinski definition) is 1. The van der Waals surface area contributed by atoms with Crippen LogP contribution in [0.25, 0.3) is 11.1 Å². The molecule has 1 heterocycles. The number of carbonyl (C=O) groups is 2. The summed E-state index contributed by atoms with van der Waals surface area (Å²) >= 11 is 0. The van der Waals surface area contributed by atoms with E-state index in [9.17, 15) is 14.7 Å². The second-order valence-corrected chi connectivity index (χ2v) is 7.75. The number of fused-ring (bicyclic) bond motifs is 3. The number of carboxylic acid groups (broad SMARTS) is 1. The summed E-state index contributed by atoms with van der Waals surface area (Å²) in [4.78, 5) is 25.7. The molecule has 1 fully saturated rings. The predicted octanol–water partition coefficient (Wildman–Crippen LogP) is 4.37. The third kappa shape index (κ3) is 3.37. The van der Waals surface area contributed by atoms with Crippen LogP contribution < -0.4 is 0 Å². The minimum absolute atomic E-state index is 0.0124. The highest BCUT2D eigenvalue weighted by Crippen LogP contribution is 2.44. The second kappa shape index (κ2) is 7.66. The largest absolute Gasteiger partial charge is 0.481 e. The second-order valence-electron chi connectivity index (χ2n) is 7.75. The highest BCUT2D eigenvalue weighted by molar-refractivity contribution is 5.79. The highest BCUT2D eigenvalue weighted by Gasteiger charge is 2.35. The standard InChI is InChI=1S/C23H25NO4/c1-2-15-11-16(22(25)26)13-24(12-15)23(27)28-14-21-19-9-5-3-7-17(19)18-8-4-6-10-20(18)21/h3-10,15-16,21H,2,11-14H2,1H3,(H,25,26).